The molecule has 3 nitrogen and oxygen atoms in total. The summed E-state index contributed by atoms with van der Waals surface area (Å²) in [5.41, 5.74) is 0. The Balaban J connectivity index is 0. The minimum absolute atomic E-state index is 0. The smallest absolute Gasteiger partial charge is 0.0407 e. The number of hydrogen-bond donors (Lipinski definition) is 0. The monoisotopic (exact) mass is 237 g/mol. The first-order valence-electron chi connectivity index (χ1n) is 5.04. The number of hydrogen-bond acceptors (Lipinski definition) is 3. The van der Waals surface area contributed by atoms with E-state index >= 15 is 0 Å². The molecule has 0 saturated heterocycles. The third kappa shape index (κ3) is 6.96. The van der Waals surface area contributed by atoms with Crippen molar-refractivity contribution in [1.82, 2.24) is 0 Å². The van der Waals surface area contributed by atoms with Gasteiger partial charge in [0.1, 0.15) is 0 Å². The van der Waals surface area contributed by atoms with Crippen molar-refractivity contribution < 1.29 is 35.9 Å². The van der Waals surface area contributed by atoms with Crippen LogP contribution in [0, 0.1) is 6.29 Å². The normalized spacial score (nSPS) is 12.6. The fourth-order valence-corrected chi connectivity index (χ4v) is 1.07. The van der Waals surface area contributed by atoms with Crippen LogP contribution in [0.4, 0.5) is 0 Å². The Hall–Kier alpha value is 0.594. The maximum atomic E-state index is 5.47. The Kier molecular flexibility index (Phi) is 14.2. The van der Waals surface area contributed by atoms with Gasteiger partial charge in [-0.15, -0.1) is 0 Å². The van der Waals surface area contributed by atoms with Crippen molar-refractivity contribution >= 4 is 0 Å². The van der Waals surface area contributed by atoms with Gasteiger partial charge in [-0.1, -0.05) is 19.6 Å². The molecule has 0 bridgehead atoms. The van der Waals surface area contributed by atoms with Crippen LogP contribution in [0.5, 0.6) is 0 Å². The minimum atomic E-state index is -0.0232. The van der Waals surface area contributed by atoms with Crippen LogP contribution in [0.1, 0.15) is 34.1 Å². The van der Waals surface area contributed by atoms with Crippen LogP contribution in [0.2, 0.25) is 0 Å². The molecule has 0 spiro atoms. The molecule has 0 N–H and O–H groups in total. The molecule has 1 unspecified atom stereocenters. The van der Waals surface area contributed by atoms with Gasteiger partial charge >= 0.3 is 0 Å². The molecule has 0 radical (unpaired) electrons. The van der Waals surface area contributed by atoms with E-state index in [0.717, 1.165) is 6.42 Å². The summed E-state index contributed by atoms with van der Waals surface area (Å²) in [5, 5.41) is 0. The van der Waals surface area contributed by atoms with Crippen molar-refractivity contribution in [2.45, 2.75) is 40.2 Å². The molecular formula is C10H21O3Ti-. The Morgan fingerprint density at radius 1 is 0.929 bits per heavy atom. The summed E-state index contributed by atoms with van der Waals surface area (Å²) in [6, 6.07) is 0. The Morgan fingerprint density at radius 2 is 1.43 bits per heavy atom. The van der Waals surface area contributed by atoms with Crippen LogP contribution < -0.4 is 0 Å². The van der Waals surface area contributed by atoms with E-state index in [-0.39, 0.29) is 27.8 Å². The molecule has 0 saturated carbocycles. The van der Waals surface area contributed by atoms with Gasteiger partial charge in [0.15, 0.2) is 0 Å². The van der Waals surface area contributed by atoms with Crippen molar-refractivity contribution in [2.24, 2.45) is 0 Å². The van der Waals surface area contributed by atoms with Crippen molar-refractivity contribution in [3.63, 3.8) is 0 Å². The van der Waals surface area contributed by atoms with Crippen LogP contribution in [-0.4, -0.2) is 25.9 Å². The molecule has 0 fully saturated rings. The zero-order valence-corrected chi connectivity index (χ0v) is 11.2. The van der Waals surface area contributed by atoms with E-state index in [1.54, 1.807) is 0 Å². The molecule has 1 atom stereocenters. The Labute approximate surface area is 102 Å². The average Bonchev–Trinajstić information content (AvgIpc) is 2.14. The maximum Gasteiger partial charge on any atom is 0.0407 e. The maximum absolute atomic E-state index is 5.47. The predicted molar refractivity (Wildman–Crippen MR) is 52.2 cm³/mol. The standard InChI is InChI=1S/C10H21O3.Ti/c1-5-9(11-6-2)10(12-7-3)13-8-4;/h9H,5-8H2,1-4H3;/q-1;. The molecule has 14 heavy (non-hydrogen) atoms. The average molecular weight is 237 g/mol. The van der Waals surface area contributed by atoms with Gasteiger partial charge in [0.05, 0.1) is 0 Å². The van der Waals surface area contributed by atoms with E-state index < -0.39 is 0 Å². The van der Waals surface area contributed by atoms with E-state index in [0.29, 0.717) is 26.1 Å². The van der Waals surface area contributed by atoms with E-state index in [2.05, 4.69) is 6.92 Å². The first-order chi connectivity index (χ1) is 6.29. The van der Waals surface area contributed by atoms with Gasteiger partial charge in [-0.05, 0) is 26.9 Å². The molecule has 0 amide bonds. The van der Waals surface area contributed by atoms with Crippen molar-refractivity contribution in [1.29, 1.82) is 0 Å². The molecule has 0 aliphatic carbocycles. The predicted octanol–water partition coefficient (Wildman–Crippen LogP) is 2.36. The molecule has 0 rings (SSSR count). The van der Waals surface area contributed by atoms with Gasteiger partial charge < -0.3 is 14.2 Å². The van der Waals surface area contributed by atoms with Gasteiger partial charge in [-0.3, -0.25) is 0 Å². The van der Waals surface area contributed by atoms with Gasteiger partial charge in [-0.2, -0.15) is 0 Å². The van der Waals surface area contributed by atoms with Crippen LogP contribution >= 0.6 is 0 Å². The van der Waals surface area contributed by atoms with Crippen molar-refractivity contribution in [2.75, 3.05) is 19.8 Å². The number of ether oxygens (including phenoxy) is 3. The first kappa shape index (κ1) is 17.0. The molecule has 84 valence electrons. The van der Waals surface area contributed by atoms with Crippen LogP contribution in [-0.2, 0) is 35.9 Å². The molecule has 0 aromatic carbocycles. The van der Waals surface area contributed by atoms with Crippen LogP contribution in [0.15, 0.2) is 0 Å². The van der Waals surface area contributed by atoms with Gasteiger partial charge in [0, 0.05) is 41.5 Å². The van der Waals surface area contributed by atoms with Crippen molar-refractivity contribution in [3.05, 3.63) is 6.29 Å². The minimum Gasteiger partial charge on any atom is -0.519 e. The third-order valence-corrected chi connectivity index (χ3v) is 1.57. The number of rotatable bonds is 8. The fraction of sp³-hybridized carbons (Fsp3) is 0.900. The fourth-order valence-electron chi connectivity index (χ4n) is 1.07. The van der Waals surface area contributed by atoms with E-state index in [4.69, 9.17) is 14.2 Å². The van der Waals surface area contributed by atoms with E-state index in [1.807, 2.05) is 20.8 Å². The second kappa shape index (κ2) is 11.7. The summed E-state index contributed by atoms with van der Waals surface area (Å²) in [5.74, 6) is 0. The summed E-state index contributed by atoms with van der Waals surface area (Å²) >= 11 is 0. The molecule has 0 aliphatic heterocycles. The second-order valence-corrected chi connectivity index (χ2v) is 2.54. The largest absolute Gasteiger partial charge is 0.519 e. The van der Waals surface area contributed by atoms with E-state index in [1.165, 1.54) is 0 Å². The SMILES string of the molecule is CCO[C-](OCC)C(CC)OCC.[Ti]. The molecule has 0 aliphatic rings. The zero-order valence-electron chi connectivity index (χ0n) is 9.63. The third-order valence-electron chi connectivity index (χ3n) is 1.57. The van der Waals surface area contributed by atoms with Gasteiger partial charge in [0.2, 0.25) is 0 Å². The van der Waals surface area contributed by atoms with Gasteiger partial charge in [-0.25, -0.2) is 0 Å². The zero-order chi connectivity index (χ0) is 10.1. The van der Waals surface area contributed by atoms with Gasteiger partial charge in [0.25, 0.3) is 0 Å². The second-order valence-electron chi connectivity index (χ2n) is 2.54. The first-order valence-corrected chi connectivity index (χ1v) is 5.04. The summed E-state index contributed by atoms with van der Waals surface area (Å²) in [6.45, 7) is 9.84. The molecule has 0 aromatic heterocycles. The summed E-state index contributed by atoms with van der Waals surface area (Å²) in [4.78, 5) is 0. The molecule has 0 aromatic rings. The topological polar surface area (TPSA) is 27.7 Å². The van der Waals surface area contributed by atoms with E-state index in [9.17, 15) is 0 Å². The summed E-state index contributed by atoms with van der Waals surface area (Å²) < 4.78 is 16.2. The molecule has 0 heterocycles. The quantitative estimate of drug-likeness (QED) is 0.479. The summed E-state index contributed by atoms with van der Waals surface area (Å²) in [6.07, 6.45) is 1.47. The van der Waals surface area contributed by atoms with Crippen LogP contribution in [0.25, 0.3) is 0 Å². The Bertz CT molecular complexity index is 106. The summed E-state index contributed by atoms with van der Waals surface area (Å²) in [7, 11) is 0. The molecular weight excluding hydrogens is 216 g/mol. The van der Waals surface area contributed by atoms with Crippen molar-refractivity contribution in [3.8, 4) is 0 Å². The van der Waals surface area contributed by atoms with Crippen LogP contribution in [0.3, 0.4) is 0 Å². The Morgan fingerprint density at radius 3 is 1.71 bits per heavy atom. The molecule has 4 heteroatoms.